The molecule has 0 amide bonds. The van der Waals surface area contributed by atoms with Crippen LogP contribution in [0.2, 0.25) is 5.02 Å². The highest BCUT2D eigenvalue weighted by Crippen LogP contribution is 2.24. The van der Waals surface area contributed by atoms with Crippen molar-refractivity contribution in [3.63, 3.8) is 0 Å². The number of carbonyl (C=O) groups is 1. The Balaban J connectivity index is 2.88. The first-order chi connectivity index (χ1) is 9.97. The summed E-state index contributed by atoms with van der Waals surface area (Å²) >= 11 is 5.79. The molecule has 0 spiro atoms. The van der Waals surface area contributed by atoms with Gasteiger partial charge in [0.1, 0.15) is 0 Å². The van der Waals surface area contributed by atoms with Crippen LogP contribution in [-0.4, -0.2) is 35.5 Å². The van der Waals surface area contributed by atoms with E-state index in [0.29, 0.717) is 30.3 Å². The van der Waals surface area contributed by atoms with Gasteiger partial charge in [0.25, 0.3) is 5.69 Å². The number of halogens is 1. The van der Waals surface area contributed by atoms with Gasteiger partial charge < -0.3 is 4.74 Å². The van der Waals surface area contributed by atoms with E-state index in [1.165, 1.54) is 6.07 Å². The van der Waals surface area contributed by atoms with Crippen molar-refractivity contribution in [3.05, 3.63) is 38.9 Å². The zero-order chi connectivity index (χ0) is 15.8. The molecule has 0 saturated heterocycles. The summed E-state index contributed by atoms with van der Waals surface area (Å²) in [6.45, 7) is 5.11. The van der Waals surface area contributed by atoms with Crippen LogP contribution in [0, 0.1) is 10.1 Å². The Hall–Kier alpha value is -1.66. The van der Waals surface area contributed by atoms with Crippen LogP contribution < -0.4 is 0 Å². The van der Waals surface area contributed by atoms with Gasteiger partial charge >= 0.3 is 5.97 Å². The Morgan fingerprint density at radius 2 is 2.14 bits per heavy atom. The van der Waals surface area contributed by atoms with Gasteiger partial charge in [-0.05, 0) is 32.0 Å². The van der Waals surface area contributed by atoms with Crippen molar-refractivity contribution in [1.29, 1.82) is 0 Å². The molecule has 0 N–H and O–H groups in total. The highest BCUT2D eigenvalue weighted by Gasteiger charge is 2.18. The molecule has 0 radical (unpaired) electrons. The van der Waals surface area contributed by atoms with Crippen LogP contribution in [0.15, 0.2) is 18.2 Å². The van der Waals surface area contributed by atoms with Gasteiger partial charge in [0.05, 0.1) is 18.1 Å². The van der Waals surface area contributed by atoms with Crippen LogP contribution in [0.25, 0.3) is 0 Å². The fourth-order valence-corrected chi connectivity index (χ4v) is 2.17. The number of nitrogens with zero attached hydrogens (tertiary/aromatic N) is 2. The van der Waals surface area contributed by atoms with Crippen LogP contribution in [0.4, 0.5) is 5.69 Å². The quantitative estimate of drug-likeness (QED) is 0.419. The fraction of sp³-hybridized carbons (Fsp3) is 0.500. The fourth-order valence-electron chi connectivity index (χ4n) is 2.00. The lowest BCUT2D eigenvalue weighted by Crippen LogP contribution is -2.31. The third-order valence-corrected chi connectivity index (χ3v) is 3.07. The van der Waals surface area contributed by atoms with E-state index in [4.69, 9.17) is 16.3 Å². The molecule has 0 bridgehead atoms. The topological polar surface area (TPSA) is 72.7 Å². The molecule has 0 aliphatic carbocycles. The van der Waals surface area contributed by atoms with Gasteiger partial charge in [-0.25, -0.2) is 0 Å². The van der Waals surface area contributed by atoms with E-state index in [-0.39, 0.29) is 18.2 Å². The minimum atomic E-state index is -0.463. The van der Waals surface area contributed by atoms with Gasteiger partial charge in [0.15, 0.2) is 0 Å². The summed E-state index contributed by atoms with van der Waals surface area (Å²) in [5, 5.41) is 11.4. The first kappa shape index (κ1) is 17.4. The minimum Gasteiger partial charge on any atom is -0.465 e. The van der Waals surface area contributed by atoms with Crippen LogP contribution in [-0.2, 0) is 16.1 Å². The summed E-state index contributed by atoms with van der Waals surface area (Å²) in [5.41, 5.74) is 0.495. The molecule has 21 heavy (non-hydrogen) atoms. The zero-order valence-corrected chi connectivity index (χ0v) is 12.9. The smallest absolute Gasteiger partial charge is 0.320 e. The average molecular weight is 315 g/mol. The van der Waals surface area contributed by atoms with Crippen molar-refractivity contribution in [3.8, 4) is 0 Å². The van der Waals surface area contributed by atoms with E-state index >= 15 is 0 Å². The molecule has 6 nitrogen and oxygen atoms in total. The van der Waals surface area contributed by atoms with E-state index < -0.39 is 4.92 Å². The monoisotopic (exact) mass is 314 g/mol. The van der Waals surface area contributed by atoms with Gasteiger partial charge in [0.2, 0.25) is 0 Å². The molecule has 0 unspecified atom stereocenters. The average Bonchev–Trinajstić information content (AvgIpc) is 2.41. The highest BCUT2D eigenvalue weighted by atomic mass is 35.5. The maximum Gasteiger partial charge on any atom is 0.320 e. The molecule has 0 saturated carbocycles. The lowest BCUT2D eigenvalue weighted by Gasteiger charge is -2.20. The lowest BCUT2D eigenvalue weighted by atomic mass is 10.1. The third kappa shape index (κ3) is 5.69. The first-order valence-corrected chi connectivity index (χ1v) is 7.16. The predicted octanol–water partition coefficient (Wildman–Crippen LogP) is 3.02. The standard InChI is InChI=1S/C14H19ClN2O4/c1-3-7-16(10-14(18)21-4-2)9-11-5-6-12(15)8-13(11)17(19)20/h5-6,8H,3-4,7,9-10H2,1-2H3. The van der Waals surface area contributed by atoms with Crippen LogP contribution in [0.1, 0.15) is 25.8 Å². The summed E-state index contributed by atoms with van der Waals surface area (Å²) in [6.07, 6.45) is 0.834. The van der Waals surface area contributed by atoms with Gasteiger partial charge in [-0.3, -0.25) is 19.8 Å². The number of ether oxygens (including phenoxy) is 1. The molecule has 0 aliphatic heterocycles. The maximum absolute atomic E-state index is 11.6. The Morgan fingerprint density at radius 1 is 1.43 bits per heavy atom. The number of nitro benzene ring substituents is 1. The Kier molecular flexibility index (Phi) is 7.11. The van der Waals surface area contributed by atoms with Crippen LogP contribution in [0.3, 0.4) is 0 Å². The molecule has 1 aromatic rings. The molecule has 7 heteroatoms. The Bertz CT molecular complexity index is 508. The molecule has 1 aromatic carbocycles. The maximum atomic E-state index is 11.6. The number of esters is 1. The van der Waals surface area contributed by atoms with E-state index in [1.807, 2.05) is 11.8 Å². The predicted molar refractivity (Wildman–Crippen MR) is 80.3 cm³/mol. The van der Waals surface area contributed by atoms with Crippen molar-refractivity contribution in [2.24, 2.45) is 0 Å². The largest absolute Gasteiger partial charge is 0.465 e. The van der Waals surface area contributed by atoms with Crippen molar-refractivity contribution < 1.29 is 14.5 Å². The molecule has 116 valence electrons. The van der Waals surface area contributed by atoms with Crippen molar-refractivity contribution in [1.82, 2.24) is 4.90 Å². The number of benzene rings is 1. The minimum absolute atomic E-state index is 0.0348. The third-order valence-electron chi connectivity index (χ3n) is 2.84. The summed E-state index contributed by atoms with van der Waals surface area (Å²) < 4.78 is 4.92. The molecule has 0 fully saturated rings. The van der Waals surface area contributed by atoms with Crippen LogP contribution in [0.5, 0.6) is 0 Å². The first-order valence-electron chi connectivity index (χ1n) is 6.78. The Labute approximate surface area is 128 Å². The van der Waals surface area contributed by atoms with Gasteiger partial charge in [-0.15, -0.1) is 0 Å². The summed E-state index contributed by atoms with van der Waals surface area (Å²) in [6, 6.07) is 4.55. The number of carbonyl (C=O) groups excluding carboxylic acids is 1. The summed E-state index contributed by atoms with van der Waals surface area (Å²) in [7, 11) is 0. The van der Waals surface area contributed by atoms with Crippen molar-refractivity contribution in [2.75, 3.05) is 19.7 Å². The van der Waals surface area contributed by atoms with E-state index in [9.17, 15) is 14.9 Å². The molecule has 0 aliphatic rings. The number of nitro groups is 1. The summed E-state index contributed by atoms with van der Waals surface area (Å²) in [4.78, 5) is 24.0. The number of hydrogen-bond acceptors (Lipinski definition) is 5. The van der Waals surface area contributed by atoms with E-state index in [0.717, 1.165) is 6.42 Å². The van der Waals surface area contributed by atoms with E-state index in [1.54, 1.807) is 19.1 Å². The summed E-state index contributed by atoms with van der Waals surface area (Å²) in [5.74, 6) is -0.331. The SMILES string of the molecule is CCCN(CC(=O)OCC)Cc1ccc(Cl)cc1[N+](=O)[O-]. The molecule has 1 rings (SSSR count). The van der Waals surface area contributed by atoms with E-state index in [2.05, 4.69) is 0 Å². The van der Waals surface area contributed by atoms with Gasteiger partial charge in [0, 0.05) is 23.2 Å². The zero-order valence-electron chi connectivity index (χ0n) is 12.2. The normalized spacial score (nSPS) is 10.7. The van der Waals surface area contributed by atoms with Crippen molar-refractivity contribution in [2.45, 2.75) is 26.8 Å². The van der Waals surface area contributed by atoms with Gasteiger partial charge in [-0.2, -0.15) is 0 Å². The second kappa shape index (κ2) is 8.59. The molecular formula is C14H19ClN2O4. The van der Waals surface area contributed by atoms with Crippen LogP contribution >= 0.6 is 11.6 Å². The number of rotatable bonds is 8. The molecule has 0 aromatic heterocycles. The highest BCUT2D eigenvalue weighted by molar-refractivity contribution is 6.30. The molecule has 0 heterocycles. The second-order valence-corrected chi connectivity index (χ2v) is 4.98. The van der Waals surface area contributed by atoms with Gasteiger partial charge in [-0.1, -0.05) is 18.5 Å². The molecule has 0 atom stereocenters. The second-order valence-electron chi connectivity index (χ2n) is 4.55. The van der Waals surface area contributed by atoms with Crippen molar-refractivity contribution >= 4 is 23.3 Å². The molecular weight excluding hydrogens is 296 g/mol. The Morgan fingerprint density at radius 3 is 2.71 bits per heavy atom. The lowest BCUT2D eigenvalue weighted by molar-refractivity contribution is -0.385. The number of hydrogen-bond donors (Lipinski definition) is 0.